The number of sulfonamides is 1. The largest absolute Gasteiger partial charge is 0.379 e. The number of anilines is 1. The maximum atomic E-state index is 12.9. The average Bonchev–Trinajstić information content (AvgIpc) is 2.75. The molecule has 0 saturated carbocycles. The number of nitrogens with zero attached hydrogens (tertiary/aromatic N) is 2. The van der Waals surface area contributed by atoms with Crippen LogP contribution in [-0.4, -0.2) is 69.3 Å². The summed E-state index contributed by atoms with van der Waals surface area (Å²) in [4.78, 5) is 26.3. The summed E-state index contributed by atoms with van der Waals surface area (Å²) in [5.74, 6) is -0.580. The zero-order chi connectivity index (χ0) is 21.7. The Bertz CT molecular complexity index is 928. The Morgan fingerprint density at radius 3 is 2.67 bits per heavy atom. The van der Waals surface area contributed by atoms with Gasteiger partial charge in [0.05, 0.1) is 24.8 Å². The molecule has 1 aromatic carbocycles. The van der Waals surface area contributed by atoms with Crippen LogP contribution >= 0.6 is 11.6 Å². The second kappa shape index (κ2) is 9.91. The minimum Gasteiger partial charge on any atom is -0.379 e. The number of hydrogen-bond donors (Lipinski definition) is 1. The molecule has 1 unspecified atom stereocenters. The molecule has 1 N–H and O–H groups in total. The van der Waals surface area contributed by atoms with E-state index in [0.717, 1.165) is 12.8 Å². The fourth-order valence-corrected chi connectivity index (χ4v) is 5.44. The van der Waals surface area contributed by atoms with Crippen LogP contribution in [0.15, 0.2) is 35.2 Å². The highest BCUT2D eigenvalue weighted by atomic mass is 35.5. The lowest BCUT2D eigenvalue weighted by atomic mass is 9.93. The van der Waals surface area contributed by atoms with Crippen molar-refractivity contribution in [3.63, 3.8) is 0 Å². The van der Waals surface area contributed by atoms with Gasteiger partial charge >= 0.3 is 0 Å². The quantitative estimate of drug-likeness (QED) is 0.663. The molecule has 0 aromatic heterocycles. The van der Waals surface area contributed by atoms with E-state index in [1.165, 1.54) is 27.4 Å². The Balaban J connectivity index is 1.66. The maximum Gasteiger partial charge on any atom is 0.244 e. The molecule has 30 heavy (non-hydrogen) atoms. The summed E-state index contributed by atoms with van der Waals surface area (Å²) >= 11 is 6.14. The number of carbonyl (C=O) groups is 2. The second-order valence-electron chi connectivity index (χ2n) is 7.39. The van der Waals surface area contributed by atoms with E-state index in [1.807, 2.05) is 6.08 Å². The molecule has 3 rings (SSSR count). The predicted molar refractivity (Wildman–Crippen MR) is 114 cm³/mol. The number of halogens is 1. The summed E-state index contributed by atoms with van der Waals surface area (Å²) in [5.41, 5.74) is 0.303. The molecule has 1 aliphatic heterocycles. The van der Waals surface area contributed by atoms with Gasteiger partial charge < -0.3 is 15.0 Å². The van der Waals surface area contributed by atoms with Crippen molar-refractivity contribution in [1.29, 1.82) is 0 Å². The van der Waals surface area contributed by atoms with Crippen LogP contribution in [-0.2, 0) is 24.3 Å². The van der Waals surface area contributed by atoms with Gasteiger partial charge in [-0.05, 0) is 37.5 Å². The zero-order valence-corrected chi connectivity index (χ0v) is 18.4. The van der Waals surface area contributed by atoms with Gasteiger partial charge in [0.15, 0.2) is 0 Å². The SMILES string of the molecule is CN(CC(=O)Nc1ccc(Cl)c(S(=O)(=O)N2CCOCC2)c1)C(=O)C1CC=CCC1. The lowest BCUT2D eigenvalue weighted by molar-refractivity contribution is -0.137. The summed E-state index contributed by atoms with van der Waals surface area (Å²) in [7, 11) is -2.21. The number of amides is 2. The standard InChI is InChI=1S/C20H26ClN3O5S/c1-23(20(26)15-5-3-2-4-6-15)14-19(25)22-16-7-8-17(21)18(13-16)30(27,28)24-9-11-29-12-10-24/h2-3,7-8,13,15H,4-6,9-12,14H2,1H3,(H,22,25). The highest BCUT2D eigenvalue weighted by Gasteiger charge is 2.29. The van der Waals surface area contributed by atoms with Gasteiger partial charge in [0.1, 0.15) is 4.90 Å². The Morgan fingerprint density at radius 1 is 1.27 bits per heavy atom. The van der Waals surface area contributed by atoms with Gasteiger partial charge in [-0.2, -0.15) is 4.31 Å². The van der Waals surface area contributed by atoms with Gasteiger partial charge in [0.25, 0.3) is 0 Å². The van der Waals surface area contributed by atoms with Crippen LogP contribution in [0.25, 0.3) is 0 Å². The molecule has 1 fully saturated rings. The number of benzene rings is 1. The van der Waals surface area contributed by atoms with Crippen LogP contribution in [0, 0.1) is 5.92 Å². The summed E-state index contributed by atoms with van der Waals surface area (Å²) in [6.45, 7) is 1.03. The number of allylic oxidation sites excluding steroid dienone is 2. The predicted octanol–water partition coefficient (Wildman–Crippen LogP) is 2.11. The molecule has 1 saturated heterocycles. The van der Waals surface area contributed by atoms with Crippen molar-refractivity contribution in [2.24, 2.45) is 5.92 Å². The second-order valence-corrected chi connectivity index (χ2v) is 9.70. The van der Waals surface area contributed by atoms with Crippen molar-refractivity contribution in [3.05, 3.63) is 35.4 Å². The first kappa shape index (κ1) is 22.7. The number of likely N-dealkylation sites (N-methyl/N-ethyl adjacent to an activating group) is 1. The first-order chi connectivity index (χ1) is 14.3. The van der Waals surface area contributed by atoms with E-state index in [0.29, 0.717) is 25.3 Å². The van der Waals surface area contributed by atoms with Crippen LogP contribution < -0.4 is 5.32 Å². The number of nitrogens with one attached hydrogen (secondary N) is 1. The third kappa shape index (κ3) is 5.40. The molecule has 8 nitrogen and oxygen atoms in total. The molecule has 1 aliphatic carbocycles. The number of rotatable bonds is 6. The molecule has 2 amide bonds. The van der Waals surface area contributed by atoms with E-state index in [1.54, 1.807) is 7.05 Å². The molecule has 0 radical (unpaired) electrons. The van der Waals surface area contributed by atoms with Gasteiger partial charge in [0, 0.05) is 31.7 Å². The van der Waals surface area contributed by atoms with Gasteiger partial charge in [-0.1, -0.05) is 23.8 Å². The minimum absolute atomic E-state index is 0.0673. The van der Waals surface area contributed by atoms with Crippen LogP contribution in [0.1, 0.15) is 19.3 Å². The molecule has 1 heterocycles. The first-order valence-electron chi connectivity index (χ1n) is 9.86. The lowest BCUT2D eigenvalue weighted by Gasteiger charge is -2.26. The molecule has 164 valence electrons. The number of hydrogen-bond acceptors (Lipinski definition) is 5. The molecular weight excluding hydrogens is 430 g/mol. The Hall–Kier alpha value is -1.94. The fourth-order valence-electron chi connectivity index (χ4n) is 3.53. The van der Waals surface area contributed by atoms with Gasteiger partial charge in [-0.15, -0.1) is 0 Å². The Morgan fingerprint density at radius 2 is 2.00 bits per heavy atom. The molecule has 0 bridgehead atoms. The Labute approximate surface area is 181 Å². The van der Waals surface area contributed by atoms with Crippen LogP contribution in [0.5, 0.6) is 0 Å². The third-order valence-electron chi connectivity index (χ3n) is 5.18. The first-order valence-corrected chi connectivity index (χ1v) is 11.7. The van der Waals surface area contributed by atoms with Gasteiger partial charge in [-0.25, -0.2) is 8.42 Å². The molecule has 0 spiro atoms. The highest BCUT2D eigenvalue weighted by Crippen LogP contribution is 2.28. The molecule has 1 aromatic rings. The van der Waals surface area contributed by atoms with E-state index in [9.17, 15) is 18.0 Å². The number of morpholine rings is 1. The molecule has 1 atom stereocenters. The molecular formula is C20H26ClN3O5S. The monoisotopic (exact) mass is 455 g/mol. The fraction of sp³-hybridized carbons (Fsp3) is 0.500. The number of carbonyl (C=O) groups excluding carboxylic acids is 2. The van der Waals surface area contributed by atoms with Gasteiger partial charge in [0.2, 0.25) is 21.8 Å². The van der Waals surface area contributed by atoms with Crippen molar-refractivity contribution in [2.45, 2.75) is 24.2 Å². The van der Waals surface area contributed by atoms with Crippen LogP contribution in [0.2, 0.25) is 5.02 Å². The summed E-state index contributed by atoms with van der Waals surface area (Å²) in [6, 6.07) is 4.32. The zero-order valence-electron chi connectivity index (χ0n) is 16.8. The lowest BCUT2D eigenvalue weighted by Crippen LogP contribution is -2.40. The summed E-state index contributed by atoms with van der Waals surface area (Å²) in [6.07, 6.45) is 6.37. The normalized spacial score (nSPS) is 20.0. The van der Waals surface area contributed by atoms with Crippen molar-refractivity contribution < 1.29 is 22.7 Å². The average molecular weight is 456 g/mol. The van der Waals surface area contributed by atoms with Crippen LogP contribution in [0.3, 0.4) is 0 Å². The maximum absolute atomic E-state index is 12.9. The van der Waals surface area contributed by atoms with Gasteiger partial charge in [-0.3, -0.25) is 9.59 Å². The smallest absolute Gasteiger partial charge is 0.244 e. The van der Waals surface area contributed by atoms with Crippen LogP contribution in [0.4, 0.5) is 5.69 Å². The van der Waals surface area contributed by atoms with Crippen molar-refractivity contribution >= 4 is 39.1 Å². The molecule has 2 aliphatic rings. The van der Waals surface area contributed by atoms with E-state index >= 15 is 0 Å². The summed E-state index contributed by atoms with van der Waals surface area (Å²) in [5, 5.41) is 2.74. The van der Waals surface area contributed by atoms with E-state index in [2.05, 4.69) is 11.4 Å². The Kier molecular flexibility index (Phi) is 7.51. The van der Waals surface area contributed by atoms with E-state index in [-0.39, 0.29) is 41.4 Å². The topological polar surface area (TPSA) is 96.0 Å². The summed E-state index contributed by atoms with van der Waals surface area (Å²) < 4.78 is 32.3. The van der Waals surface area contributed by atoms with Crippen molar-refractivity contribution in [2.75, 3.05) is 45.2 Å². The highest BCUT2D eigenvalue weighted by molar-refractivity contribution is 7.89. The minimum atomic E-state index is -3.80. The van der Waals surface area contributed by atoms with E-state index < -0.39 is 15.9 Å². The third-order valence-corrected chi connectivity index (χ3v) is 7.56. The van der Waals surface area contributed by atoms with Crippen molar-refractivity contribution in [1.82, 2.24) is 9.21 Å². The molecule has 10 heteroatoms. The van der Waals surface area contributed by atoms with Crippen molar-refractivity contribution in [3.8, 4) is 0 Å². The number of ether oxygens (including phenoxy) is 1. The van der Waals surface area contributed by atoms with E-state index in [4.69, 9.17) is 16.3 Å².